The molecule has 4 rings (SSSR count). The fourth-order valence-electron chi connectivity index (χ4n) is 4.17. The molecule has 0 saturated carbocycles. The zero-order valence-corrected chi connectivity index (χ0v) is 19.4. The number of halogens is 1. The number of carboxylic acid groups (broad SMARTS) is 1. The van der Waals surface area contributed by atoms with Crippen molar-refractivity contribution in [3.63, 3.8) is 0 Å². The van der Waals surface area contributed by atoms with Crippen LogP contribution in [-0.2, 0) is 14.8 Å². The van der Waals surface area contributed by atoms with E-state index in [0.29, 0.717) is 21.6 Å². The third-order valence-corrected chi connectivity index (χ3v) is 7.84. The van der Waals surface area contributed by atoms with Crippen molar-refractivity contribution in [2.75, 3.05) is 0 Å². The predicted molar refractivity (Wildman–Crippen MR) is 129 cm³/mol. The molecule has 0 unspecified atom stereocenters. The van der Waals surface area contributed by atoms with Crippen LogP contribution >= 0.6 is 11.6 Å². The Hall–Kier alpha value is -2.87. The molecule has 0 aliphatic carbocycles. The maximum atomic E-state index is 14.0. The summed E-state index contributed by atoms with van der Waals surface area (Å²) in [6.07, 6.45) is 1.77. The third-order valence-electron chi connectivity index (χ3n) is 5.72. The number of hydrogen-bond acceptors (Lipinski definition) is 3. The Kier molecular flexibility index (Phi) is 6.48. The molecule has 0 aromatic heterocycles. The van der Waals surface area contributed by atoms with Gasteiger partial charge in [-0.15, -0.1) is 0 Å². The number of sulfonamides is 1. The van der Waals surface area contributed by atoms with Crippen molar-refractivity contribution >= 4 is 40.9 Å². The summed E-state index contributed by atoms with van der Waals surface area (Å²) >= 11 is 6.22. The Labute approximate surface area is 199 Å². The molecule has 3 aromatic carbocycles. The van der Waals surface area contributed by atoms with Gasteiger partial charge in [0.1, 0.15) is 7.85 Å². The quantitative estimate of drug-likeness (QED) is 0.555. The minimum Gasteiger partial charge on any atom is -0.478 e. The van der Waals surface area contributed by atoms with Gasteiger partial charge in [-0.2, -0.15) is 4.31 Å². The Morgan fingerprint density at radius 1 is 1.03 bits per heavy atom. The van der Waals surface area contributed by atoms with E-state index in [1.165, 1.54) is 16.4 Å². The van der Waals surface area contributed by atoms with Gasteiger partial charge in [-0.1, -0.05) is 77.2 Å². The molecule has 0 spiro atoms. The molecular weight excluding hydrogens is 457 g/mol. The summed E-state index contributed by atoms with van der Waals surface area (Å²) in [6, 6.07) is 18.4. The maximum absolute atomic E-state index is 14.0. The number of benzene rings is 3. The fourth-order valence-corrected chi connectivity index (χ4v) is 6.14. The maximum Gasteiger partial charge on any atom is 0.333 e. The van der Waals surface area contributed by atoms with Crippen molar-refractivity contribution in [3.05, 3.63) is 106 Å². The summed E-state index contributed by atoms with van der Waals surface area (Å²) in [4.78, 5) is 12.3. The molecular formula is C25H21BClNO4S. The van der Waals surface area contributed by atoms with Gasteiger partial charge in [0.2, 0.25) is 10.0 Å². The van der Waals surface area contributed by atoms with Gasteiger partial charge < -0.3 is 5.11 Å². The van der Waals surface area contributed by atoms with Gasteiger partial charge in [-0.3, -0.25) is 0 Å². The molecule has 33 heavy (non-hydrogen) atoms. The Morgan fingerprint density at radius 3 is 2.33 bits per heavy atom. The monoisotopic (exact) mass is 477 g/mol. The summed E-state index contributed by atoms with van der Waals surface area (Å²) in [5.74, 6) is -1.18. The number of hydrogen-bond donors (Lipinski definition) is 1. The Balaban J connectivity index is 1.98. The van der Waals surface area contributed by atoms with Crippen molar-refractivity contribution in [2.24, 2.45) is 0 Å². The summed E-state index contributed by atoms with van der Waals surface area (Å²) in [5, 5.41) is 10.5. The first-order chi connectivity index (χ1) is 15.7. The molecule has 2 atom stereocenters. The van der Waals surface area contributed by atoms with Crippen LogP contribution in [0.1, 0.15) is 35.2 Å². The van der Waals surface area contributed by atoms with Gasteiger partial charge in [0.15, 0.2) is 0 Å². The second kappa shape index (κ2) is 9.18. The summed E-state index contributed by atoms with van der Waals surface area (Å²) in [5.41, 5.74) is 2.46. The lowest BCUT2D eigenvalue weighted by molar-refractivity contribution is -0.133. The van der Waals surface area contributed by atoms with E-state index in [0.717, 1.165) is 5.56 Å². The van der Waals surface area contributed by atoms with E-state index >= 15 is 0 Å². The highest BCUT2D eigenvalue weighted by atomic mass is 35.5. The number of nitrogens with zero attached hydrogens (tertiary/aromatic N) is 1. The predicted octanol–water partition coefficient (Wildman–Crippen LogP) is 4.33. The fraction of sp³-hybridized carbons (Fsp3) is 0.160. The van der Waals surface area contributed by atoms with Crippen LogP contribution in [0.2, 0.25) is 5.02 Å². The molecule has 166 valence electrons. The first-order valence-electron chi connectivity index (χ1n) is 10.3. The lowest BCUT2D eigenvalue weighted by atomic mass is 9.86. The average Bonchev–Trinajstić information content (AvgIpc) is 2.78. The second-order valence-electron chi connectivity index (χ2n) is 7.99. The summed E-state index contributed by atoms with van der Waals surface area (Å²) in [7, 11) is 1.86. The van der Waals surface area contributed by atoms with Gasteiger partial charge in [0, 0.05) is 5.02 Å². The Morgan fingerprint density at radius 2 is 1.70 bits per heavy atom. The van der Waals surface area contributed by atoms with E-state index in [4.69, 9.17) is 19.4 Å². The van der Waals surface area contributed by atoms with Gasteiger partial charge in [0.25, 0.3) is 0 Å². The van der Waals surface area contributed by atoms with Crippen LogP contribution in [0.25, 0.3) is 0 Å². The van der Waals surface area contributed by atoms with Crippen LogP contribution in [0.4, 0.5) is 0 Å². The number of carboxylic acids is 1. The summed E-state index contributed by atoms with van der Waals surface area (Å²) in [6.45, 7) is 1.87. The largest absolute Gasteiger partial charge is 0.478 e. The van der Waals surface area contributed by atoms with Crippen LogP contribution in [0, 0.1) is 6.92 Å². The number of carbonyl (C=O) groups is 1. The van der Waals surface area contributed by atoms with Gasteiger partial charge in [-0.05, 0) is 48.7 Å². The van der Waals surface area contributed by atoms with E-state index in [9.17, 15) is 18.3 Å². The molecule has 3 aromatic rings. The molecule has 0 fully saturated rings. The summed E-state index contributed by atoms with van der Waals surface area (Å²) < 4.78 is 29.4. The molecule has 5 nitrogen and oxygen atoms in total. The highest BCUT2D eigenvalue weighted by Gasteiger charge is 2.44. The molecule has 1 heterocycles. The topological polar surface area (TPSA) is 74.7 Å². The van der Waals surface area contributed by atoms with Crippen LogP contribution in [0.15, 0.2) is 89.3 Å². The molecule has 1 N–H and O–H groups in total. The highest BCUT2D eigenvalue weighted by Crippen LogP contribution is 2.45. The number of aliphatic carboxylic acids is 1. The molecule has 1 aliphatic heterocycles. The average molecular weight is 478 g/mol. The standard InChI is InChI=1S/C25H21BClNO4S/c1-16-8-10-21(11-9-16)33(31,32)28-23(17-4-3-7-20(27)15-17)13-12-22(25(29)30)24(28)18-5-2-6-19(26)14-18/h2-12,14-15,23-24H,13H2,1H3,(H,29,30)/t23-,24-/m0/s1. The molecule has 0 saturated heterocycles. The van der Waals surface area contributed by atoms with Gasteiger partial charge >= 0.3 is 5.97 Å². The molecule has 0 amide bonds. The SMILES string of the molecule is [B]c1cccc([C@H]2C(C(=O)O)=CC[C@@H](c3cccc(Cl)c3)N2S(=O)(=O)c2ccc(C)cc2)c1. The normalized spacial score (nSPS) is 19.2. The third kappa shape index (κ3) is 4.62. The molecule has 1 aliphatic rings. The van der Waals surface area contributed by atoms with Gasteiger partial charge in [0.05, 0.1) is 22.6 Å². The number of rotatable bonds is 5. The molecule has 0 bridgehead atoms. The van der Waals surface area contributed by atoms with E-state index in [2.05, 4.69) is 0 Å². The van der Waals surface area contributed by atoms with E-state index < -0.39 is 28.1 Å². The van der Waals surface area contributed by atoms with Crippen molar-refractivity contribution in [3.8, 4) is 0 Å². The Bertz CT molecular complexity index is 1340. The van der Waals surface area contributed by atoms with Gasteiger partial charge in [-0.25, -0.2) is 13.2 Å². The number of aryl methyl sites for hydroxylation is 1. The van der Waals surface area contributed by atoms with Crippen molar-refractivity contribution in [1.82, 2.24) is 4.31 Å². The zero-order chi connectivity index (χ0) is 23.8. The van der Waals surface area contributed by atoms with E-state index in [1.54, 1.807) is 66.7 Å². The highest BCUT2D eigenvalue weighted by molar-refractivity contribution is 7.89. The second-order valence-corrected chi connectivity index (χ2v) is 10.3. The van der Waals surface area contributed by atoms with E-state index in [-0.39, 0.29) is 16.9 Å². The van der Waals surface area contributed by atoms with Crippen LogP contribution < -0.4 is 5.46 Å². The minimum absolute atomic E-state index is 0.0189. The van der Waals surface area contributed by atoms with Crippen molar-refractivity contribution in [2.45, 2.75) is 30.3 Å². The minimum atomic E-state index is -4.12. The van der Waals surface area contributed by atoms with Crippen molar-refractivity contribution in [1.29, 1.82) is 0 Å². The first kappa shape index (κ1) is 23.3. The van der Waals surface area contributed by atoms with E-state index in [1.807, 2.05) is 6.92 Å². The zero-order valence-electron chi connectivity index (χ0n) is 17.9. The lowest BCUT2D eigenvalue weighted by Crippen LogP contribution is -2.42. The molecule has 8 heteroatoms. The van der Waals surface area contributed by atoms with Crippen LogP contribution in [0.5, 0.6) is 0 Å². The van der Waals surface area contributed by atoms with Crippen LogP contribution in [-0.4, -0.2) is 31.6 Å². The lowest BCUT2D eigenvalue weighted by Gasteiger charge is -2.40. The van der Waals surface area contributed by atoms with Crippen molar-refractivity contribution < 1.29 is 18.3 Å². The smallest absolute Gasteiger partial charge is 0.333 e. The molecule has 2 radical (unpaired) electrons. The van der Waals surface area contributed by atoms with Crippen LogP contribution in [0.3, 0.4) is 0 Å². The first-order valence-corrected chi connectivity index (χ1v) is 12.1.